The fourth-order valence-electron chi connectivity index (χ4n) is 2.64. The molecule has 5 nitrogen and oxygen atoms in total. The van der Waals surface area contributed by atoms with Crippen LogP contribution in [0, 0.1) is 5.92 Å². The number of aromatic nitrogens is 2. The third-order valence-corrected chi connectivity index (χ3v) is 3.44. The van der Waals surface area contributed by atoms with Gasteiger partial charge in [0.05, 0.1) is 6.54 Å². The highest BCUT2D eigenvalue weighted by molar-refractivity contribution is 4.87. The van der Waals surface area contributed by atoms with Crippen LogP contribution in [0.3, 0.4) is 0 Å². The molecule has 0 bridgehead atoms. The van der Waals surface area contributed by atoms with Crippen LogP contribution in [0.2, 0.25) is 0 Å². The number of aryl methyl sites for hydroxylation is 1. The Balaban J connectivity index is 1.91. The summed E-state index contributed by atoms with van der Waals surface area (Å²) in [6.45, 7) is 10.6. The van der Waals surface area contributed by atoms with Gasteiger partial charge < -0.3 is 9.84 Å². The molecule has 1 saturated heterocycles. The van der Waals surface area contributed by atoms with Crippen molar-refractivity contribution in [2.45, 2.75) is 52.6 Å². The van der Waals surface area contributed by atoms with Crippen molar-refractivity contribution in [1.82, 2.24) is 20.4 Å². The number of nitrogens with one attached hydrogen (secondary N) is 1. The average molecular weight is 266 g/mol. The standard InChI is InChI=1S/C14H26N4O/c1-4-14-16-13(17-19-14)10-18(8-11(2)3)9-12-6-5-7-15-12/h11-12,15H,4-10H2,1-3H3. The molecule has 0 aromatic carbocycles. The average Bonchev–Trinajstić information content (AvgIpc) is 2.99. The van der Waals surface area contributed by atoms with Gasteiger partial charge in [-0.2, -0.15) is 4.98 Å². The van der Waals surface area contributed by atoms with Crippen molar-refractivity contribution >= 4 is 0 Å². The summed E-state index contributed by atoms with van der Waals surface area (Å²) in [5, 5.41) is 7.62. The Morgan fingerprint density at radius 1 is 1.47 bits per heavy atom. The molecule has 0 saturated carbocycles. The fraction of sp³-hybridized carbons (Fsp3) is 0.857. The van der Waals surface area contributed by atoms with Gasteiger partial charge in [-0.25, -0.2) is 0 Å². The maximum absolute atomic E-state index is 5.19. The summed E-state index contributed by atoms with van der Waals surface area (Å²) < 4.78 is 5.19. The molecule has 19 heavy (non-hydrogen) atoms. The maximum atomic E-state index is 5.19. The first-order chi connectivity index (χ1) is 9.17. The Bertz CT molecular complexity index is 371. The first kappa shape index (κ1) is 14.5. The molecule has 1 aromatic heterocycles. The Morgan fingerprint density at radius 3 is 2.89 bits per heavy atom. The van der Waals surface area contributed by atoms with E-state index in [-0.39, 0.29) is 0 Å². The molecule has 1 aliphatic rings. The second-order valence-electron chi connectivity index (χ2n) is 5.84. The van der Waals surface area contributed by atoms with E-state index in [1.807, 2.05) is 6.92 Å². The quantitative estimate of drug-likeness (QED) is 0.816. The molecule has 1 aliphatic heterocycles. The van der Waals surface area contributed by atoms with Gasteiger partial charge in [0.1, 0.15) is 0 Å². The second-order valence-corrected chi connectivity index (χ2v) is 5.84. The van der Waals surface area contributed by atoms with Crippen LogP contribution >= 0.6 is 0 Å². The predicted octanol–water partition coefficient (Wildman–Crippen LogP) is 1.84. The van der Waals surface area contributed by atoms with Gasteiger partial charge in [-0.15, -0.1) is 0 Å². The maximum Gasteiger partial charge on any atom is 0.226 e. The highest BCUT2D eigenvalue weighted by atomic mass is 16.5. The van der Waals surface area contributed by atoms with Crippen LogP contribution in [0.5, 0.6) is 0 Å². The molecule has 2 rings (SSSR count). The van der Waals surface area contributed by atoms with Crippen LogP contribution < -0.4 is 5.32 Å². The van der Waals surface area contributed by atoms with Crippen molar-refractivity contribution in [3.63, 3.8) is 0 Å². The van der Waals surface area contributed by atoms with Gasteiger partial charge in [-0.1, -0.05) is 25.9 Å². The SMILES string of the molecule is CCc1nc(CN(CC(C)C)CC2CCCN2)no1. The van der Waals surface area contributed by atoms with E-state index < -0.39 is 0 Å². The van der Waals surface area contributed by atoms with Gasteiger partial charge in [-0.05, 0) is 25.3 Å². The number of hydrogen-bond acceptors (Lipinski definition) is 5. The lowest BCUT2D eigenvalue weighted by Gasteiger charge is -2.25. The van der Waals surface area contributed by atoms with E-state index in [9.17, 15) is 0 Å². The molecule has 0 aliphatic carbocycles. The molecular formula is C14H26N4O. The van der Waals surface area contributed by atoms with E-state index in [0.717, 1.165) is 44.3 Å². The van der Waals surface area contributed by atoms with Gasteiger partial charge in [0.2, 0.25) is 5.89 Å². The second kappa shape index (κ2) is 7.01. The summed E-state index contributed by atoms with van der Waals surface area (Å²) in [5.74, 6) is 2.20. The summed E-state index contributed by atoms with van der Waals surface area (Å²) in [7, 11) is 0. The first-order valence-electron chi connectivity index (χ1n) is 7.44. The molecule has 0 amide bonds. The summed E-state index contributed by atoms with van der Waals surface area (Å²) >= 11 is 0. The van der Waals surface area contributed by atoms with Crippen LogP contribution in [0.15, 0.2) is 4.52 Å². The molecule has 5 heteroatoms. The lowest BCUT2D eigenvalue weighted by atomic mass is 10.1. The molecular weight excluding hydrogens is 240 g/mol. The Kier molecular flexibility index (Phi) is 5.34. The van der Waals surface area contributed by atoms with Crippen molar-refractivity contribution in [2.75, 3.05) is 19.6 Å². The third-order valence-electron chi connectivity index (χ3n) is 3.44. The summed E-state index contributed by atoms with van der Waals surface area (Å²) in [5.41, 5.74) is 0. The van der Waals surface area contributed by atoms with Gasteiger partial charge >= 0.3 is 0 Å². The van der Waals surface area contributed by atoms with Crippen molar-refractivity contribution < 1.29 is 4.52 Å². The molecule has 0 spiro atoms. The van der Waals surface area contributed by atoms with E-state index >= 15 is 0 Å². The van der Waals surface area contributed by atoms with E-state index in [1.54, 1.807) is 0 Å². The van der Waals surface area contributed by atoms with Crippen molar-refractivity contribution in [2.24, 2.45) is 5.92 Å². The minimum absolute atomic E-state index is 0.622. The number of rotatable bonds is 7. The highest BCUT2D eigenvalue weighted by Gasteiger charge is 2.20. The molecule has 1 N–H and O–H groups in total. The topological polar surface area (TPSA) is 54.2 Å². The van der Waals surface area contributed by atoms with Crippen LogP contribution in [-0.2, 0) is 13.0 Å². The van der Waals surface area contributed by atoms with Crippen molar-refractivity contribution in [3.8, 4) is 0 Å². The zero-order valence-corrected chi connectivity index (χ0v) is 12.4. The minimum Gasteiger partial charge on any atom is -0.339 e. The lowest BCUT2D eigenvalue weighted by Crippen LogP contribution is -2.39. The minimum atomic E-state index is 0.622. The van der Waals surface area contributed by atoms with Gasteiger partial charge in [0.25, 0.3) is 0 Å². The van der Waals surface area contributed by atoms with Crippen LogP contribution in [0.1, 0.15) is 45.3 Å². The largest absolute Gasteiger partial charge is 0.339 e. The van der Waals surface area contributed by atoms with Crippen LogP contribution in [0.4, 0.5) is 0 Å². The van der Waals surface area contributed by atoms with Gasteiger partial charge in [-0.3, -0.25) is 4.90 Å². The van der Waals surface area contributed by atoms with Crippen LogP contribution in [0.25, 0.3) is 0 Å². The molecule has 1 aromatic rings. The third kappa shape index (κ3) is 4.58. The summed E-state index contributed by atoms with van der Waals surface area (Å²) in [4.78, 5) is 6.85. The van der Waals surface area contributed by atoms with Crippen molar-refractivity contribution in [3.05, 3.63) is 11.7 Å². The van der Waals surface area contributed by atoms with E-state index in [2.05, 4.69) is 34.2 Å². The molecule has 1 fully saturated rings. The molecule has 108 valence electrons. The van der Waals surface area contributed by atoms with Crippen LogP contribution in [-0.4, -0.2) is 40.7 Å². The monoisotopic (exact) mass is 266 g/mol. The van der Waals surface area contributed by atoms with Gasteiger partial charge in [0, 0.05) is 25.6 Å². The lowest BCUT2D eigenvalue weighted by molar-refractivity contribution is 0.208. The first-order valence-corrected chi connectivity index (χ1v) is 7.44. The van der Waals surface area contributed by atoms with Gasteiger partial charge in [0.15, 0.2) is 5.82 Å². The Hall–Kier alpha value is -0.940. The normalized spacial score (nSPS) is 19.7. The highest BCUT2D eigenvalue weighted by Crippen LogP contribution is 2.11. The molecule has 2 heterocycles. The molecule has 1 unspecified atom stereocenters. The summed E-state index contributed by atoms with van der Waals surface area (Å²) in [6, 6.07) is 0.622. The Morgan fingerprint density at radius 2 is 2.32 bits per heavy atom. The van der Waals surface area contributed by atoms with Crippen molar-refractivity contribution in [1.29, 1.82) is 0 Å². The van der Waals surface area contributed by atoms with E-state index in [0.29, 0.717) is 12.0 Å². The molecule has 0 radical (unpaired) electrons. The number of nitrogens with zero attached hydrogens (tertiary/aromatic N) is 3. The zero-order valence-electron chi connectivity index (χ0n) is 12.4. The van der Waals surface area contributed by atoms with E-state index in [1.165, 1.54) is 12.8 Å². The van der Waals surface area contributed by atoms with E-state index in [4.69, 9.17) is 4.52 Å². The Labute approximate surface area is 115 Å². The number of hydrogen-bond donors (Lipinski definition) is 1. The summed E-state index contributed by atoms with van der Waals surface area (Å²) in [6.07, 6.45) is 3.38. The molecule has 1 atom stereocenters. The zero-order chi connectivity index (χ0) is 13.7. The predicted molar refractivity (Wildman–Crippen MR) is 74.8 cm³/mol. The fourth-order valence-corrected chi connectivity index (χ4v) is 2.64. The smallest absolute Gasteiger partial charge is 0.226 e.